The number of benzene rings is 1. The molecule has 0 spiro atoms. The van der Waals surface area contributed by atoms with Gasteiger partial charge in [-0.25, -0.2) is 0 Å². The number of nitriles is 1. The van der Waals surface area contributed by atoms with Crippen LogP contribution in [0, 0.1) is 11.3 Å². The molecule has 0 aromatic heterocycles. The fourth-order valence-corrected chi connectivity index (χ4v) is 2.74. The number of nitrogens with one attached hydrogen (secondary N) is 1. The highest BCUT2D eigenvalue weighted by Gasteiger charge is 2.35. The topological polar surface area (TPSA) is 73.1 Å². The van der Waals surface area contributed by atoms with Crippen molar-refractivity contribution in [1.29, 1.82) is 5.26 Å². The highest BCUT2D eigenvalue weighted by Crippen LogP contribution is 2.35. The summed E-state index contributed by atoms with van der Waals surface area (Å²) in [4.78, 5) is 10.7. The second kappa shape index (κ2) is 5.85. The number of rotatable bonds is 4. The molecule has 4 heteroatoms. The quantitative estimate of drug-likeness (QED) is 0.864. The van der Waals surface area contributed by atoms with E-state index in [1.54, 1.807) is 0 Å². The van der Waals surface area contributed by atoms with Gasteiger partial charge in [-0.05, 0) is 43.5 Å². The lowest BCUT2D eigenvalue weighted by atomic mass is 9.72. The van der Waals surface area contributed by atoms with Gasteiger partial charge in [0, 0.05) is 6.42 Å². The van der Waals surface area contributed by atoms with Crippen LogP contribution in [0.15, 0.2) is 24.3 Å². The minimum atomic E-state index is -0.800. The summed E-state index contributed by atoms with van der Waals surface area (Å²) in [5.41, 5.74) is 1.55. The van der Waals surface area contributed by atoms with Gasteiger partial charge in [0.1, 0.15) is 0 Å². The first-order valence-corrected chi connectivity index (χ1v) is 6.60. The lowest BCUT2D eigenvalue weighted by Gasteiger charge is -2.33. The van der Waals surface area contributed by atoms with E-state index in [0.717, 1.165) is 37.1 Å². The molecule has 0 aliphatic carbocycles. The van der Waals surface area contributed by atoms with Crippen molar-refractivity contribution < 1.29 is 9.90 Å². The molecule has 1 aromatic carbocycles. The van der Waals surface area contributed by atoms with E-state index in [1.807, 2.05) is 24.3 Å². The van der Waals surface area contributed by atoms with E-state index in [4.69, 9.17) is 5.11 Å². The fraction of sp³-hybridized carbons (Fsp3) is 0.467. The summed E-state index contributed by atoms with van der Waals surface area (Å²) in [6.45, 7) is 1.67. The molecule has 0 unspecified atom stereocenters. The predicted molar refractivity (Wildman–Crippen MR) is 71.8 cm³/mol. The first kappa shape index (κ1) is 13.6. The van der Waals surface area contributed by atoms with E-state index < -0.39 is 11.4 Å². The summed E-state index contributed by atoms with van der Waals surface area (Å²) in [6.07, 6.45) is 2.17. The second-order valence-electron chi connectivity index (χ2n) is 4.99. The lowest BCUT2D eigenvalue weighted by Crippen LogP contribution is -2.39. The molecule has 0 radical (unpaired) electrons. The van der Waals surface area contributed by atoms with Gasteiger partial charge in [0.15, 0.2) is 0 Å². The van der Waals surface area contributed by atoms with Crippen molar-refractivity contribution in [3.63, 3.8) is 0 Å². The van der Waals surface area contributed by atoms with E-state index >= 15 is 0 Å². The molecular formula is C15H18N2O2. The van der Waals surface area contributed by atoms with Crippen LogP contribution in [-0.4, -0.2) is 24.2 Å². The number of hydrogen-bond donors (Lipinski definition) is 2. The SMILES string of the molecule is N#CC1(c2ccccc2CCC(=O)O)CCNCC1. The minimum Gasteiger partial charge on any atom is -0.481 e. The number of aliphatic carboxylic acids is 1. The average molecular weight is 258 g/mol. The fourth-order valence-electron chi connectivity index (χ4n) is 2.74. The van der Waals surface area contributed by atoms with Crippen LogP contribution in [0.3, 0.4) is 0 Å². The van der Waals surface area contributed by atoms with Gasteiger partial charge in [-0.3, -0.25) is 4.79 Å². The van der Waals surface area contributed by atoms with Crippen molar-refractivity contribution in [3.8, 4) is 6.07 Å². The van der Waals surface area contributed by atoms with E-state index in [2.05, 4.69) is 11.4 Å². The molecule has 2 N–H and O–H groups in total. The number of hydrogen-bond acceptors (Lipinski definition) is 3. The van der Waals surface area contributed by atoms with Crippen molar-refractivity contribution >= 4 is 5.97 Å². The Kier molecular flexibility index (Phi) is 4.18. The Labute approximate surface area is 113 Å². The van der Waals surface area contributed by atoms with Gasteiger partial charge in [0.05, 0.1) is 11.5 Å². The third-order valence-corrected chi connectivity index (χ3v) is 3.81. The predicted octanol–water partition coefficient (Wildman–Crippen LogP) is 1.85. The Morgan fingerprint density at radius 2 is 2.05 bits per heavy atom. The summed E-state index contributed by atoms with van der Waals surface area (Å²) in [6, 6.07) is 10.2. The van der Waals surface area contributed by atoms with Crippen LogP contribution in [0.1, 0.15) is 30.4 Å². The molecule has 1 saturated heterocycles. The summed E-state index contributed by atoms with van der Waals surface area (Å²) < 4.78 is 0. The van der Waals surface area contributed by atoms with E-state index in [0.29, 0.717) is 6.42 Å². The molecule has 1 aliphatic rings. The normalized spacial score (nSPS) is 17.6. The Balaban J connectivity index is 2.32. The zero-order chi connectivity index (χ0) is 13.7. The second-order valence-corrected chi connectivity index (χ2v) is 4.99. The van der Waals surface area contributed by atoms with Gasteiger partial charge in [0.2, 0.25) is 0 Å². The Hall–Kier alpha value is -1.86. The standard InChI is InChI=1S/C15H18N2O2/c16-11-15(7-9-17-10-8-15)13-4-2-1-3-12(13)5-6-14(18)19/h1-4,17H,5-10H2,(H,18,19). The molecule has 0 amide bonds. The molecule has 1 aromatic rings. The first-order chi connectivity index (χ1) is 9.18. The number of piperidine rings is 1. The smallest absolute Gasteiger partial charge is 0.303 e. The van der Waals surface area contributed by atoms with Crippen LogP contribution < -0.4 is 5.32 Å². The molecule has 1 fully saturated rings. The van der Waals surface area contributed by atoms with Gasteiger partial charge in [-0.2, -0.15) is 5.26 Å². The lowest BCUT2D eigenvalue weighted by molar-refractivity contribution is -0.136. The summed E-state index contributed by atoms with van der Waals surface area (Å²) >= 11 is 0. The van der Waals surface area contributed by atoms with Crippen molar-refractivity contribution in [1.82, 2.24) is 5.32 Å². The number of aryl methyl sites for hydroxylation is 1. The zero-order valence-electron chi connectivity index (χ0n) is 10.9. The molecule has 2 rings (SSSR count). The van der Waals surface area contributed by atoms with Crippen LogP contribution >= 0.6 is 0 Å². The number of nitrogens with zero attached hydrogens (tertiary/aromatic N) is 1. The number of carboxylic acid groups (broad SMARTS) is 1. The number of carboxylic acids is 1. The average Bonchev–Trinajstić information content (AvgIpc) is 2.46. The summed E-state index contributed by atoms with van der Waals surface area (Å²) in [7, 11) is 0. The van der Waals surface area contributed by atoms with E-state index in [9.17, 15) is 10.1 Å². The third kappa shape index (κ3) is 2.94. The maximum absolute atomic E-state index is 10.7. The van der Waals surface area contributed by atoms with Crippen LogP contribution in [0.2, 0.25) is 0 Å². The molecule has 100 valence electrons. The highest BCUT2D eigenvalue weighted by molar-refractivity contribution is 5.67. The number of carbonyl (C=O) groups is 1. The Morgan fingerprint density at radius 1 is 1.37 bits per heavy atom. The maximum Gasteiger partial charge on any atom is 0.303 e. The molecule has 0 bridgehead atoms. The van der Waals surface area contributed by atoms with Crippen molar-refractivity contribution in [3.05, 3.63) is 35.4 Å². The van der Waals surface area contributed by atoms with Crippen molar-refractivity contribution in [2.24, 2.45) is 0 Å². The molecule has 1 heterocycles. The summed E-state index contributed by atoms with van der Waals surface area (Å²) in [5.74, 6) is -0.800. The van der Waals surface area contributed by atoms with Gasteiger partial charge < -0.3 is 10.4 Å². The zero-order valence-corrected chi connectivity index (χ0v) is 10.9. The third-order valence-electron chi connectivity index (χ3n) is 3.81. The van der Waals surface area contributed by atoms with Gasteiger partial charge in [0.25, 0.3) is 0 Å². The van der Waals surface area contributed by atoms with Crippen LogP contribution in [0.4, 0.5) is 0 Å². The van der Waals surface area contributed by atoms with E-state index in [1.165, 1.54) is 0 Å². The first-order valence-electron chi connectivity index (χ1n) is 6.60. The monoisotopic (exact) mass is 258 g/mol. The van der Waals surface area contributed by atoms with Crippen molar-refractivity contribution in [2.45, 2.75) is 31.1 Å². The molecule has 19 heavy (non-hydrogen) atoms. The van der Waals surface area contributed by atoms with Crippen LogP contribution in [0.5, 0.6) is 0 Å². The minimum absolute atomic E-state index is 0.108. The van der Waals surface area contributed by atoms with Gasteiger partial charge >= 0.3 is 5.97 Å². The van der Waals surface area contributed by atoms with E-state index in [-0.39, 0.29) is 6.42 Å². The molecule has 0 saturated carbocycles. The highest BCUT2D eigenvalue weighted by atomic mass is 16.4. The summed E-state index contributed by atoms with van der Waals surface area (Å²) in [5, 5.41) is 21.7. The Bertz CT molecular complexity index is 499. The maximum atomic E-state index is 10.7. The van der Waals surface area contributed by atoms with Gasteiger partial charge in [-0.15, -0.1) is 0 Å². The molecule has 4 nitrogen and oxygen atoms in total. The Morgan fingerprint density at radius 3 is 2.68 bits per heavy atom. The van der Waals surface area contributed by atoms with Crippen LogP contribution in [0.25, 0.3) is 0 Å². The van der Waals surface area contributed by atoms with Crippen molar-refractivity contribution in [2.75, 3.05) is 13.1 Å². The molecule has 0 atom stereocenters. The van der Waals surface area contributed by atoms with Gasteiger partial charge in [-0.1, -0.05) is 24.3 Å². The molecule has 1 aliphatic heterocycles. The molecular weight excluding hydrogens is 240 g/mol. The van der Waals surface area contributed by atoms with Crippen LogP contribution in [-0.2, 0) is 16.6 Å². The largest absolute Gasteiger partial charge is 0.481 e.